The van der Waals surface area contributed by atoms with Crippen LogP contribution in [0.15, 0.2) is 0 Å². The zero-order chi connectivity index (χ0) is 25.4. The molecule has 4 N–H and O–H groups in total. The third-order valence-corrected chi connectivity index (χ3v) is 6.91. The van der Waals surface area contributed by atoms with Crippen molar-refractivity contribution in [2.24, 2.45) is 0 Å². The fourth-order valence-corrected chi connectivity index (χ4v) is 4.50. The van der Waals surface area contributed by atoms with Crippen molar-refractivity contribution in [1.29, 1.82) is 0 Å². The first-order chi connectivity index (χ1) is 16.5. The van der Waals surface area contributed by atoms with Crippen molar-refractivity contribution < 1.29 is 29.9 Å². The Kier molecular flexibility index (Phi) is 24.3. The molecule has 0 aromatic heterocycles. The Bertz CT molecular complexity index is 408. The number of hydrogen-bond acceptors (Lipinski definition) is 6. The minimum atomic E-state index is -1.31. The molecule has 34 heavy (non-hydrogen) atoms. The molecular weight excluding hydrogens is 432 g/mol. The molecule has 0 rings (SSSR count). The van der Waals surface area contributed by atoms with Crippen LogP contribution >= 0.6 is 0 Å². The van der Waals surface area contributed by atoms with E-state index in [1.807, 2.05) is 0 Å². The average Bonchev–Trinajstić information content (AvgIpc) is 2.85. The number of ether oxygens (including phenoxy) is 2. The smallest absolute Gasteiger partial charge is 0.108 e. The summed E-state index contributed by atoms with van der Waals surface area (Å²) in [4.78, 5) is 0. The molecule has 0 saturated carbocycles. The molecule has 6 nitrogen and oxygen atoms in total. The van der Waals surface area contributed by atoms with Gasteiger partial charge in [-0.3, -0.25) is 0 Å². The molecule has 0 aromatic carbocycles. The van der Waals surface area contributed by atoms with Gasteiger partial charge < -0.3 is 29.9 Å². The zero-order valence-corrected chi connectivity index (χ0v) is 22.6. The first kappa shape index (κ1) is 33.8. The minimum Gasteiger partial charge on any atom is -0.394 e. The van der Waals surface area contributed by atoms with Crippen LogP contribution in [0.2, 0.25) is 0 Å². The molecule has 0 aliphatic rings. The van der Waals surface area contributed by atoms with Crippen LogP contribution in [-0.2, 0) is 9.47 Å². The van der Waals surface area contributed by atoms with Gasteiger partial charge in [0, 0.05) is 13.5 Å². The molecular formula is C28H58O6. The topological polar surface area (TPSA) is 99.4 Å². The maximum atomic E-state index is 10.3. The number of aliphatic hydroxyl groups excluding tert-OH is 4. The van der Waals surface area contributed by atoms with Crippen molar-refractivity contribution in [2.45, 2.75) is 160 Å². The second-order valence-electron chi connectivity index (χ2n) is 10.0. The van der Waals surface area contributed by atoms with Gasteiger partial charge in [0.15, 0.2) is 0 Å². The summed E-state index contributed by atoms with van der Waals surface area (Å²) in [5, 5.41) is 39.5. The van der Waals surface area contributed by atoms with Gasteiger partial charge in [-0.2, -0.15) is 0 Å². The normalized spacial score (nSPS) is 16.3. The van der Waals surface area contributed by atoms with Crippen molar-refractivity contribution in [2.75, 3.05) is 20.3 Å². The third kappa shape index (κ3) is 19.0. The Balaban J connectivity index is 3.67. The Hall–Kier alpha value is -0.240. The Morgan fingerprint density at radius 2 is 1.09 bits per heavy atom. The van der Waals surface area contributed by atoms with Crippen LogP contribution < -0.4 is 0 Å². The summed E-state index contributed by atoms with van der Waals surface area (Å²) >= 11 is 0. The lowest BCUT2D eigenvalue weighted by molar-refractivity contribution is -0.128. The van der Waals surface area contributed by atoms with E-state index in [1.54, 1.807) is 14.0 Å². The van der Waals surface area contributed by atoms with Crippen molar-refractivity contribution >= 4 is 0 Å². The first-order valence-electron chi connectivity index (χ1n) is 14.3. The number of hydrogen-bond donors (Lipinski definition) is 4. The number of rotatable bonds is 26. The van der Waals surface area contributed by atoms with E-state index >= 15 is 0 Å². The monoisotopic (exact) mass is 490 g/mol. The molecule has 5 unspecified atom stereocenters. The third-order valence-electron chi connectivity index (χ3n) is 6.91. The van der Waals surface area contributed by atoms with Gasteiger partial charge in [-0.25, -0.2) is 0 Å². The molecule has 0 aliphatic heterocycles. The number of aliphatic hydroxyl groups is 4. The van der Waals surface area contributed by atoms with Crippen LogP contribution in [0.5, 0.6) is 0 Å². The Morgan fingerprint density at radius 3 is 1.50 bits per heavy atom. The molecule has 0 fully saturated rings. The highest BCUT2D eigenvalue weighted by Crippen LogP contribution is 2.18. The van der Waals surface area contributed by atoms with Gasteiger partial charge in [0.25, 0.3) is 0 Å². The van der Waals surface area contributed by atoms with E-state index in [0.29, 0.717) is 0 Å². The molecule has 206 valence electrons. The Morgan fingerprint density at radius 1 is 0.647 bits per heavy atom. The summed E-state index contributed by atoms with van der Waals surface area (Å²) in [6.45, 7) is 3.82. The molecule has 0 radical (unpaired) electrons. The van der Waals surface area contributed by atoms with Crippen LogP contribution in [0.25, 0.3) is 0 Å². The summed E-state index contributed by atoms with van der Waals surface area (Å²) in [5.74, 6) is 0. The summed E-state index contributed by atoms with van der Waals surface area (Å²) in [5.41, 5.74) is 0. The summed E-state index contributed by atoms with van der Waals surface area (Å²) < 4.78 is 10.7. The van der Waals surface area contributed by atoms with Crippen molar-refractivity contribution in [3.63, 3.8) is 0 Å². The highest BCUT2D eigenvalue weighted by atomic mass is 16.5. The van der Waals surface area contributed by atoms with Crippen molar-refractivity contribution in [3.8, 4) is 0 Å². The average molecular weight is 491 g/mol. The van der Waals surface area contributed by atoms with E-state index in [1.165, 1.54) is 89.9 Å². The van der Waals surface area contributed by atoms with Gasteiger partial charge in [0.1, 0.15) is 12.2 Å². The predicted octanol–water partition coefficient (Wildman–Crippen LogP) is 5.52. The maximum absolute atomic E-state index is 10.3. The highest BCUT2D eigenvalue weighted by molar-refractivity contribution is 4.81. The van der Waals surface area contributed by atoms with Gasteiger partial charge >= 0.3 is 0 Å². The largest absolute Gasteiger partial charge is 0.394 e. The van der Waals surface area contributed by atoms with Crippen LogP contribution in [-0.4, -0.2) is 71.3 Å². The van der Waals surface area contributed by atoms with Crippen LogP contribution in [0.3, 0.4) is 0 Å². The maximum Gasteiger partial charge on any atom is 0.108 e. The molecule has 0 spiro atoms. The second kappa shape index (κ2) is 24.5. The second-order valence-corrected chi connectivity index (χ2v) is 10.0. The fourth-order valence-electron chi connectivity index (χ4n) is 4.50. The molecule has 0 saturated heterocycles. The van der Waals surface area contributed by atoms with Crippen LogP contribution in [0, 0.1) is 0 Å². The minimum absolute atomic E-state index is 0.0843. The fraction of sp³-hybridized carbons (Fsp3) is 1.00. The van der Waals surface area contributed by atoms with E-state index in [-0.39, 0.29) is 25.7 Å². The predicted molar refractivity (Wildman–Crippen MR) is 140 cm³/mol. The molecule has 0 aliphatic carbocycles. The van der Waals surface area contributed by atoms with Gasteiger partial charge in [-0.05, 0) is 13.3 Å². The zero-order valence-electron chi connectivity index (χ0n) is 22.6. The molecule has 0 amide bonds. The Labute approximate surface area is 210 Å². The lowest BCUT2D eigenvalue weighted by atomic mass is 9.96. The molecule has 6 heteroatoms. The van der Waals surface area contributed by atoms with Crippen molar-refractivity contribution in [1.82, 2.24) is 0 Å². The van der Waals surface area contributed by atoms with Crippen LogP contribution in [0.1, 0.15) is 129 Å². The quantitative estimate of drug-likeness (QED) is 0.119. The van der Waals surface area contributed by atoms with Gasteiger partial charge in [0.2, 0.25) is 0 Å². The summed E-state index contributed by atoms with van der Waals surface area (Å²) in [6.07, 6.45) is 18.1. The van der Waals surface area contributed by atoms with E-state index in [9.17, 15) is 15.3 Å². The standard InChI is InChI=1S/C28H58O6/c1-4-5-6-7-8-9-10-11-12-13-14-15-16-17-18-19-20-25(33-3)23-26(30)28(32)27(31)24(2)34-22-21-29/h24-32H,4-23H2,1-3H3. The molecule has 0 aromatic rings. The number of unbranched alkanes of at least 4 members (excludes halogenated alkanes) is 15. The van der Waals surface area contributed by atoms with E-state index in [4.69, 9.17) is 14.6 Å². The van der Waals surface area contributed by atoms with E-state index < -0.39 is 24.4 Å². The number of methoxy groups -OCH3 is 1. The van der Waals surface area contributed by atoms with Gasteiger partial charge in [-0.15, -0.1) is 0 Å². The molecule has 0 heterocycles. The van der Waals surface area contributed by atoms with Crippen molar-refractivity contribution in [3.05, 3.63) is 0 Å². The summed E-state index contributed by atoms with van der Waals surface area (Å²) in [7, 11) is 1.62. The lowest BCUT2D eigenvalue weighted by Crippen LogP contribution is -2.45. The molecule has 0 bridgehead atoms. The SMILES string of the molecule is CCCCCCCCCCCCCCCCCCC(CC(O)C(O)C(O)C(C)OCCO)OC. The highest BCUT2D eigenvalue weighted by Gasteiger charge is 2.31. The van der Waals surface area contributed by atoms with Crippen LogP contribution in [0.4, 0.5) is 0 Å². The van der Waals surface area contributed by atoms with E-state index in [0.717, 1.165) is 19.3 Å². The van der Waals surface area contributed by atoms with E-state index in [2.05, 4.69) is 6.92 Å². The summed E-state index contributed by atoms with van der Waals surface area (Å²) in [6, 6.07) is 0. The lowest BCUT2D eigenvalue weighted by Gasteiger charge is -2.29. The molecule has 5 atom stereocenters. The van der Waals surface area contributed by atoms with Gasteiger partial charge in [0.05, 0.1) is 31.5 Å². The van der Waals surface area contributed by atoms with Gasteiger partial charge in [-0.1, -0.05) is 110 Å². The first-order valence-corrected chi connectivity index (χ1v) is 14.3.